The Bertz CT molecular complexity index is 822. The SMILES string of the molecule is NS(=O)(=O)c1ccc(CCNC(=O)C2Cc3ccccc3O2)cc1. The van der Waals surface area contributed by atoms with Crippen LogP contribution in [0.2, 0.25) is 0 Å². The van der Waals surface area contributed by atoms with Crippen molar-refractivity contribution >= 4 is 15.9 Å². The molecule has 1 aliphatic heterocycles. The molecule has 0 saturated heterocycles. The largest absolute Gasteiger partial charge is 0.480 e. The zero-order valence-corrected chi connectivity index (χ0v) is 13.8. The highest BCUT2D eigenvalue weighted by atomic mass is 32.2. The lowest BCUT2D eigenvalue weighted by Crippen LogP contribution is -2.38. The fourth-order valence-corrected chi connectivity index (χ4v) is 3.13. The molecule has 2 aromatic rings. The predicted molar refractivity (Wildman–Crippen MR) is 89.1 cm³/mol. The molecule has 0 fully saturated rings. The summed E-state index contributed by atoms with van der Waals surface area (Å²) in [5.74, 6) is 0.614. The van der Waals surface area contributed by atoms with Crippen LogP contribution in [0.25, 0.3) is 0 Å². The van der Waals surface area contributed by atoms with Crippen molar-refractivity contribution in [3.8, 4) is 5.75 Å². The Kier molecular flexibility index (Phi) is 4.55. The van der Waals surface area contributed by atoms with Crippen molar-refractivity contribution in [3.05, 3.63) is 59.7 Å². The molecule has 1 atom stereocenters. The summed E-state index contributed by atoms with van der Waals surface area (Å²) >= 11 is 0. The van der Waals surface area contributed by atoms with E-state index in [0.717, 1.165) is 16.9 Å². The maximum Gasteiger partial charge on any atom is 0.261 e. The first-order valence-corrected chi connectivity index (χ1v) is 9.12. The summed E-state index contributed by atoms with van der Waals surface area (Å²) < 4.78 is 28.0. The molecule has 0 aliphatic carbocycles. The van der Waals surface area contributed by atoms with Crippen LogP contribution in [0.5, 0.6) is 5.75 Å². The average molecular weight is 346 g/mol. The number of ether oxygens (including phenoxy) is 1. The Morgan fingerprint density at radius 3 is 2.54 bits per heavy atom. The minimum absolute atomic E-state index is 0.0763. The van der Waals surface area contributed by atoms with Crippen molar-refractivity contribution in [3.63, 3.8) is 0 Å². The van der Waals surface area contributed by atoms with Gasteiger partial charge in [-0.15, -0.1) is 0 Å². The highest BCUT2D eigenvalue weighted by Crippen LogP contribution is 2.28. The number of rotatable bonds is 5. The fourth-order valence-electron chi connectivity index (χ4n) is 2.62. The van der Waals surface area contributed by atoms with E-state index in [1.807, 2.05) is 24.3 Å². The van der Waals surface area contributed by atoms with Crippen LogP contribution in [0.1, 0.15) is 11.1 Å². The third kappa shape index (κ3) is 3.74. The van der Waals surface area contributed by atoms with Gasteiger partial charge < -0.3 is 10.1 Å². The van der Waals surface area contributed by atoms with Gasteiger partial charge in [0.2, 0.25) is 10.0 Å². The highest BCUT2D eigenvalue weighted by Gasteiger charge is 2.28. The first-order valence-electron chi connectivity index (χ1n) is 7.57. The number of benzene rings is 2. The number of amides is 1. The molecular formula is C17H18N2O4S. The van der Waals surface area contributed by atoms with Gasteiger partial charge in [0.05, 0.1) is 4.90 Å². The molecule has 3 N–H and O–H groups in total. The molecule has 126 valence electrons. The molecule has 0 aromatic heterocycles. The molecule has 2 aromatic carbocycles. The van der Waals surface area contributed by atoms with E-state index in [9.17, 15) is 13.2 Å². The number of hydrogen-bond acceptors (Lipinski definition) is 4. The minimum Gasteiger partial charge on any atom is -0.480 e. The summed E-state index contributed by atoms with van der Waals surface area (Å²) in [5.41, 5.74) is 1.95. The van der Waals surface area contributed by atoms with Crippen LogP contribution in [-0.4, -0.2) is 27.0 Å². The summed E-state index contributed by atoms with van der Waals surface area (Å²) in [6.07, 6.45) is 0.675. The second-order valence-corrected chi connectivity index (χ2v) is 7.21. The number of para-hydroxylation sites is 1. The second kappa shape index (κ2) is 6.62. The molecule has 1 unspecified atom stereocenters. The van der Waals surface area contributed by atoms with E-state index in [2.05, 4.69) is 5.32 Å². The van der Waals surface area contributed by atoms with Crippen LogP contribution in [0.15, 0.2) is 53.4 Å². The lowest BCUT2D eigenvalue weighted by atomic mass is 10.1. The van der Waals surface area contributed by atoms with Crippen LogP contribution < -0.4 is 15.2 Å². The number of hydrogen-bond donors (Lipinski definition) is 2. The number of fused-ring (bicyclic) bond motifs is 1. The zero-order valence-electron chi connectivity index (χ0n) is 12.9. The summed E-state index contributed by atoms with van der Waals surface area (Å²) in [7, 11) is -3.68. The Hall–Kier alpha value is -2.38. The van der Waals surface area contributed by atoms with Crippen molar-refractivity contribution < 1.29 is 17.9 Å². The van der Waals surface area contributed by atoms with Crippen LogP contribution in [0.3, 0.4) is 0 Å². The van der Waals surface area contributed by atoms with Gasteiger partial charge in [0.1, 0.15) is 5.75 Å². The summed E-state index contributed by atoms with van der Waals surface area (Å²) in [6.45, 7) is 0.448. The molecule has 6 nitrogen and oxygen atoms in total. The predicted octanol–water partition coefficient (Wildman–Crippen LogP) is 0.996. The molecule has 24 heavy (non-hydrogen) atoms. The monoisotopic (exact) mass is 346 g/mol. The maximum atomic E-state index is 12.2. The Balaban J connectivity index is 1.49. The number of carbonyl (C=O) groups is 1. The number of primary sulfonamides is 1. The van der Waals surface area contributed by atoms with Gasteiger partial charge in [0.15, 0.2) is 6.10 Å². The lowest BCUT2D eigenvalue weighted by Gasteiger charge is -2.11. The minimum atomic E-state index is -3.68. The van der Waals surface area contributed by atoms with Gasteiger partial charge in [-0.05, 0) is 35.7 Å². The quantitative estimate of drug-likeness (QED) is 0.844. The van der Waals surface area contributed by atoms with Crippen molar-refractivity contribution in [1.82, 2.24) is 5.32 Å². The van der Waals surface area contributed by atoms with Gasteiger partial charge in [0.25, 0.3) is 5.91 Å². The van der Waals surface area contributed by atoms with E-state index in [4.69, 9.17) is 9.88 Å². The van der Waals surface area contributed by atoms with Gasteiger partial charge in [-0.2, -0.15) is 0 Å². The third-order valence-corrected chi connectivity index (χ3v) is 4.83. The zero-order chi connectivity index (χ0) is 17.2. The molecule has 1 aliphatic rings. The second-order valence-electron chi connectivity index (χ2n) is 5.65. The molecule has 0 spiro atoms. The summed E-state index contributed by atoms with van der Waals surface area (Å²) in [6, 6.07) is 13.9. The van der Waals surface area contributed by atoms with E-state index in [1.54, 1.807) is 12.1 Å². The topological polar surface area (TPSA) is 98.5 Å². The average Bonchev–Trinajstić information content (AvgIpc) is 2.98. The summed E-state index contributed by atoms with van der Waals surface area (Å²) in [4.78, 5) is 12.2. The van der Waals surface area contributed by atoms with Gasteiger partial charge in [0, 0.05) is 13.0 Å². The smallest absolute Gasteiger partial charge is 0.261 e. The first-order chi connectivity index (χ1) is 11.4. The first kappa shape index (κ1) is 16.5. The Labute approximate surface area is 140 Å². The number of carbonyl (C=O) groups excluding carboxylic acids is 1. The third-order valence-electron chi connectivity index (χ3n) is 3.90. The fraction of sp³-hybridized carbons (Fsp3) is 0.235. The molecule has 1 amide bonds. The lowest BCUT2D eigenvalue weighted by molar-refractivity contribution is -0.127. The Morgan fingerprint density at radius 1 is 1.17 bits per heavy atom. The standard InChI is InChI=1S/C17H18N2O4S/c18-24(21,22)14-7-5-12(6-8-14)9-10-19-17(20)16-11-13-3-1-2-4-15(13)23-16/h1-8,16H,9-11H2,(H,19,20)(H2,18,21,22). The van der Waals surface area contributed by atoms with Crippen molar-refractivity contribution in [2.24, 2.45) is 5.14 Å². The van der Waals surface area contributed by atoms with Crippen molar-refractivity contribution in [1.29, 1.82) is 0 Å². The van der Waals surface area contributed by atoms with E-state index >= 15 is 0 Å². The van der Waals surface area contributed by atoms with Crippen LogP contribution in [0, 0.1) is 0 Å². The molecule has 3 rings (SSSR count). The van der Waals surface area contributed by atoms with Crippen LogP contribution >= 0.6 is 0 Å². The van der Waals surface area contributed by atoms with Crippen LogP contribution in [0.4, 0.5) is 0 Å². The van der Waals surface area contributed by atoms with Gasteiger partial charge in [-0.25, -0.2) is 13.6 Å². The van der Waals surface area contributed by atoms with Gasteiger partial charge in [-0.1, -0.05) is 30.3 Å². The Morgan fingerprint density at radius 2 is 1.88 bits per heavy atom. The van der Waals surface area contributed by atoms with Crippen molar-refractivity contribution in [2.75, 3.05) is 6.54 Å². The van der Waals surface area contributed by atoms with Crippen LogP contribution in [-0.2, 0) is 27.7 Å². The van der Waals surface area contributed by atoms with Gasteiger partial charge in [-0.3, -0.25) is 4.79 Å². The number of sulfonamides is 1. The number of nitrogens with two attached hydrogens (primary N) is 1. The molecule has 1 heterocycles. The molecular weight excluding hydrogens is 328 g/mol. The maximum absolute atomic E-state index is 12.2. The van der Waals surface area contributed by atoms with E-state index in [0.29, 0.717) is 19.4 Å². The van der Waals surface area contributed by atoms with E-state index in [-0.39, 0.29) is 10.8 Å². The van der Waals surface area contributed by atoms with E-state index in [1.165, 1.54) is 12.1 Å². The van der Waals surface area contributed by atoms with Gasteiger partial charge >= 0.3 is 0 Å². The molecule has 7 heteroatoms. The normalized spacial score (nSPS) is 16.3. The summed E-state index contributed by atoms with van der Waals surface area (Å²) in [5, 5.41) is 7.90. The molecule has 0 radical (unpaired) electrons. The van der Waals surface area contributed by atoms with Crippen molar-refractivity contribution in [2.45, 2.75) is 23.8 Å². The molecule has 0 saturated carbocycles. The molecule has 0 bridgehead atoms. The highest BCUT2D eigenvalue weighted by molar-refractivity contribution is 7.89. The number of nitrogens with one attached hydrogen (secondary N) is 1. The van der Waals surface area contributed by atoms with E-state index < -0.39 is 16.1 Å².